The van der Waals surface area contributed by atoms with Gasteiger partial charge in [0.25, 0.3) is 5.91 Å². The number of amides is 3. The highest BCUT2D eigenvalue weighted by Gasteiger charge is 2.08. The first-order valence-electron chi connectivity index (χ1n) is 8.67. The van der Waals surface area contributed by atoms with Crippen LogP contribution in [0.1, 0.15) is 21.5 Å². The van der Waals surface area contributed by atoms with Gasteiger partial charge in [0.2, 0.25) is 0 Å². The van der Waals surface area contributed by atoms with E-state index in [1.54, 1.807) is 42.7 Å². The van der Waals surface area contributed by atoms with Crippen molar-refractivity contribution in [1.82, 2.24) is 15.6 Å². The van der Waals surface area contributed by atoms with Crippen LogP contribution in [0.3, 0.4) is 0 Å². The van der Waals surface area contributed by atoms with Crippen LogP contribution in [0.5, 0.6) is 0 Å². The van der Waals surface area contributed by atoms with Gasteiger partial charge in [-0.2, -0.15) is 0 Å². The molecule has 0 radical (unpaired) electrons. The highest BCUT2D eigenvalue weighted by atomic mass is 35.5. The van der Waals surface area contributed by atoms with Crippen molar-refractivity contribution >= 4 is 29.2 Å². The van der Waals surface area contributed by atoms with Crippen molar-refractivity contribution < 1.29 is 9.59 Å². The number of urea groups is 1. The number of nitrogens with one attached hydrogen (secondary N) is 3. The second-order valence-corrected chi connectivity index (χ2v) is 6.42. The van der Waals surface area contributed by atoms with Crippen LogP contribution in [-0.2, 0) is 13.1 Å². The minimum atomic E-state index is -0.326. The second kappa shape index (κ2) is 9.53. The quantitative estimate of drug-likeness (QED) is 0.591. The topological polar surface area (TPSA) is 83.1 Å². The molecule has 1 heterocycles. The van der Waals surface area contributed by atoms with E-state index in [9.17, 15) is 9.59 Å². The summed E-state index contributed by atoms with van der Waals surface area (Å²) >= 11 is 6.09. The Morgan fingerprint density at radius 3 is 2.29 bits per heavy atom. The molecule has 0 fully saturated rings. The number of hydrogen-bond donors (Lipinski definition) is 3. The number of aromatic nitrogens is 1. The number of pyridine rings is 1. The minimum absolute atomic E-state index is 0.214. The van der Waals surface area contributed by atoms with Gasteiger partial charge in [-0.3, -0.25) is 9.78 Å². The van der Waals surface area contributed by atoms with Crippen molar-refractivity contribution in [2.45, 2.75) is 13.1 Å². The number of carbonyl (C=O) groups excluding carboxylic acids is 2. The van der Waals surface area contributed by atoms with E-state index in [1.165, 1.54) is 0 Å². The third kappa shape index (κ3) is 5.56. The number of benzene rings is 2. The highest BCUT2D eigenvalue weighted by molar-refractivity contribution is 6.31. The minimum Gasteiger partial charge on any atom is -0.348 e. The summed E-state index contributed by atoms with van der Waals surface area (Å²) in [6.45, 7) is 0.743. The zero-order chi connectivity index (χ0) is 19.8. The average molecular weight is 395 g/mol. The molecule has 3 N–H and O–H groups in total. The van der Waals surface area contributed by atoms with Crippen molar-refractivity contribution in [2.75, 3.05) is 5.32 Å². The fourth-order valence-corrected chi connectivity index (χ4v) is 2.69. The number of anilines is 1. The summed E-state index contributed by atoms with van der Waals surface area (Å²) in [6.07, 6.45) is 3.34. The Morgan fingerprint density at radius 2 is 1.57 bits per heavy atom. The Labute approximate surface area is 168 Å². The third-order valence-corrected chi connectivity index (χ3v) is 4.37. The van der Waals surface area contributed by atoms with Crippen LogP contribution in [-0.4, -0.2) is 16.9 Å². The Hall–Kier alpha value is -3.38. The number of carbonyl (C=O) groups is 2. The molecule has 0 aliphatic rings. The predicted molar refractivity (Wildman–Crippen MR) is 109 cm³/mol. The summed E-state index contributed by atoms with van der Waals surface area (Å²) in [4.78, 5) is 28.2. The van der Waals surface area contributed by atoms with Crippen molar-refractivity contribution in [3.05, 3.63) is 94.8 Å². The molecular weight excluding hydrogens is 376 g/mol. The predicted octanol–water partition coefficient (Wildman–Crippen LogP) is 3.99. The first kappa shape index (κ1) is 19.4. The maximum Gasteiger partial charge on any atom is 0.319 e. The van der Waals surface area contributed by atoms with E-state index >= 15 is 0 Å². The summed E-state index contributed by atoms with van der Waals surface area (Å²) in [6, 6.07) is 17.3. The highest BCUT2D eigenvalue weighted by Crippen LogP contribution is 2.15. The zero-order valence-corrected chi connectivity index (χ0v) is 15.7. The largest absolute Gasteiger partial charge is 0.348 e. The van der Waals surface area contributed by atoms with Gasteiger partial charge in [0.05, 0.1) is 0 Å². The maximum atomic E-state index is 12.3. The summed E-state index contributed by atoms with van der Waals surface area (Å²) in [5.74, 6) is -0.214. The van der Waals surface area contributed by atoms with E-state index in [1.807, 2.05) is 30.3 Å². The molecule has 0 saturated heterocycles. The number of rotatable bonds is 6. The molecule has 3 rings (SSSR count). The summed E-state index contributed by atoms with van der Waals surface area (Å²) in [5, 5.41) is 8.93. The zero-order valence-electron chi connectivity index (χ0n) is 15.0. The molecule has 0 aliphatic carbocycles. The van der Waals surface area contributed by atoms with Gasteiger partial charge in [0.1, 0.15) is 0 Å². The molecule has 7 heteroatoms. The lowest BCUT2D eigenvalue weighted by molar-refractivity contribution is 0.0951. The van der Waals surface area contributed by atoms with E-state index in [2.05, 4.69) is 20.9 Å². The van der Waals surface area contributed by atoms with Crippen LogP contribution in [0.15, 0.2) is 73.1 Å². The van der Waals surface area contributed by atoms with Gasteiger partial charge in [0, 0.05) is 41.8 Å². The SMILES string of the molecule is O=C(NCc1ccncc1)Nc1ccc(C(=O)NCc2ccccc2Cl)cc1. The molecule has 0 atom stereocenters. The lowest BCUT2D eigenvalue weighted by Gasteiger charge is -2.09. The van der Waals surface area contributed by atoms with Gasteiger partial charge in [-0.1, -0.05) is 29.8 Å². The molecule has 2 aromatic carbocycles. The molecule has 0 saturated carbocycles. The van der Waals surface area contributed by atoms with Crippen LogP contribution >= 0.6 is 11.6 Å². The summed E-state index contributed by atoms with van der Waals surface area (Å²) in [5.41, 5.74) is 2.89. The number of hydrogen-bond acceptors (Lipinski definition) is 3. The Bertz CT molecular complexity index is 946. The summed E-state index contributed by atoms with van der Waals surface area (Å²) < 4.78 is 0. The van der Waals surface area contributed by atoms with Gasteiger partial charge in [-0.25, -0.2) is 4.79 Å². The smallest absolute Gasteiger partial charge is 0.319 e. The average Bonchev–Trinajstić information content (AvgIpc) is 2.73. The van der Waals surface area contributed by atoms with Crippen molar-refractivity contribution in [2.24, 2.45) is 0 Å². The first-order valence-corrected chi connectivity index (χ1v) is 9.05. The molecular formula is C21H19ClN4O2. The Kier molecular flexibility index (Phi) is 6.59. The molecule has 0 unspecified atom stereocenters. The molecule has 28 heavy (non-hydrogen) atoms. The molecule has 142 valence electrons. The van der Waals surface area contributed by atoms with E-state index in [0.29, 0.717) is 29.4 Å². The monoisotopic (exact) mass is 394 g/mol. The third-order valence-electron chi connectivity index (χ3n) is 4.00. The maximum absolute atomic E-state index is 12.3. The van der Waals surface area contributed by atoms with Crippen LogP contribution in [0.2, 0.25) is 5.02 Å². The van der Waals surface area contributed by atoms with E-state index in [4.69, 9.17) is 11.6 Å². The van der Waals surface area contributed by atoms with Gasteiger partial charge in [0.15, 0.2) is 0 Å². The molecule has 3 aromatic rings. The molecule has 1 aromatic heterocycles. The standard InChI is InChI=1S/C21H19ClN4O2/c22-19-4-2-1-3-17(19)14-24-20(27)16-5-7-18(8-6-16)26-21(28)25-13-15-9-11-23-12-10-15/h1-12H,13-14H2,(H,24,27)(H2,25,26,28). The van der Waals surface area contributed by atoms with Crippen molar-refractivity contribution in [3.63, 3.8) is 0 Å². The fourth-order valence-electron chi connectivity index (χ4n) is 2.48. The van der Waals surface area contributed by atoms with Crippen LogP contribution in [0.25, 0.3) is 0 Å². The van der Waals surface area contributed by atoms with Gasteiger partial charge in [-0.15, -0.1) is 0 Å². The molecule has 0 aliphatic heterocycles. The molecule has 6 nitrogen and oxygen atoms in total. The lowest BCUT2D eigenvalue weighted by Crippen LogP contribution is -2.28. The molecule has 0 bridgehead atoms. The number of nitrogens with zero attached hydrogens (tertiary/aromatic N) is 1. The van der Waals surface area contributed by atoms with Crippen LogP contribution < -0.4 is 16.0 Å². The van der Waals surface area contributed by atoms with Gasteiger partial charge >= 0.3 is 6.03 Å². The Morgan fingerprint density at radius 1 is 0.857 bits per heavy atom. The Balaban J connectivity index is 1.49. The number of halogens is 1. The van der Waals surface area contributed by atoms with Crippen molar-refractivity contribution in [1.29, 1.82) is 0 Å². The normalized spacial score (nSPS) is 10.2. The molecule has 3 amide bonds. The van der Waals surface area contributed by atoms with E-state index in [0.717, 1.165) is 11.1 Å². The van der Waals surface area contributed by atoms with Gasteiger partial charge < -0.3 is 16.0 Å². The van der Waals surface area contributed by atoms with E-state index < -0.39 is 0 Å². The second-order valence-electron chi connectivity index (χ2n) is 6.01. The summed E-state index contributed by atoms with van der Waals surface area (Å²) in [7, 11) is 0. The molecule has 0 spiro atoms. The van der Waals surface area contributed by atoms with E-state index in [-0.39, 0.29) is 11.9 Å². The van der Waals surface area contributed by atoms with Crippen molar-refractivity contribution in [3.8, 4) is 0 Å². The lowest BCUT2D eigenvalue weighted by atomic mass is 10.1. The van der Waals surface area contributed by atoms with Gasteiger partial charge in [-0.05, 0) is 53.6 Å². The van der Waals surface area contributed by atoms with Crippen LogP contribution in [0, 0.1) is 0 Å². The van der Waals surface area contributed by atoms with Crippen LogP contribution in [0.4, 0.5) is 10.5 Å². The first-order chi connectivity index (χ1) is 13.6. The fraction of sp³-hybridized carbons (Fsp3) is 0.0952.